The van der Waals surface area contributed by atoms with Crippen LogP contribution in [0, 0.1) is 0 Å². The summed E-state index contributed by atoms with van der Waals surface area (Å²) in [6, 6.07) is 9.92. The normalized spacial score (nSPS) is 16.8. The van der Waals surface area contributed by atoms with Gasteiger partial charge in [0.15, 0.2) is 0 Å². The van der Waals surface area contributed by atoms with E-state index in [1.807, 2.05) is 31.2 Å². The van der Waals surface area contributed by atoms with Gasteiger partial charge in [-0.3, -0.25) is 19.4 Å². The highest BCUT2D eigenvalue weighted by Gasteiger charge is 2.50. The number of carboxylic acid groups (broad SMARTS) is 1. The number of hydrogen-bond acceptors (Lipinski definition) is 10. The lowest BCUT2D eigenvalue weighted by Crippen LogP contribution is -2.58. The van der Waals surface area contributed by atoms with E-state index in [2.05, 4.69) is 27.5 Å². The Balaban J connectivity index is 1.71. The smallest absolute Gasteiger partial charge is 0.407 e. The zero-order chi connectivity index (χ0) is 43.7. The molecule has 0 aliphatic carbocycles. The summed E-state index contributed by atoms with van der Waals surface area (Å²) in [4.78, 5) is 72.5. The molecule has 1 aliphatic rings. The number of pyridine rings is 1. The van der Waals surface area contributed by atoms with Gasteiger partial charge in [0.1, 0.15) is 29.1 Å². The van der Waals surface area contributed by atoms with Crippen LogP contribution in [0.2, 0.25) is 0 Å². The van der Waals surface area contributed by atoms with Gasteiger partial charge in [-0.15, -0.1) is 0 Å². The highest BCUT2D eigenvalue weighted by molar-refractivity contribution is 6.04. The van der Waals surface area contributed by atoms with E-state index in [9.17, 15) is 34.2 Å². The van der Waals surface area contributed by atoms with Gasteiger partial charge < -0.3 is 46.3 Å². The van der Waals surface area contributed by atoms with Crippen molar-refractivity contribution < 1.29 is 43.7 Å². The molecule has 1 aliphatic heterocycles. The summed E-state index contributed by atoms with van der Waals surface area (Å²) in [5.41, 5.74) is 7.11. The van der Waals surface area contributed by atoms with Crippen molar-refractivity contribution in [3.05, 3.63) is 77.6 Å². The van der Waals surface area contributed by atoms with Crippen LogP contribution >= 0.6 is 0 Å². The lowest BCUT2D eigenvalue weighted by atomic mass is 9.91. The number of aliphatic carboxylic acids is 1. The first kappa shape index (κ1) is 45.9. The summed E-state index contributed by atoms with van der Waals surface area (Å²) < 4.78 is 11.5. The second-order valence-electron chi connectivity index (χ2n) is 16.2. The predicted molar refractivity (Wildman–Crippen MR) is 225 cm³/mol. The Morgan fingerprint density at radius 2 is 1.78 bits per heavy atom. The second kappa shape index (κ2) is 19.8. The number of amides is 4. The maximum absolute atomic E-state index is 14.5. The van der Waals surface area contributed by atoms with E-state index in [4.69, 9.17) is 15.2 Å². The summed E-state index contributed by atoms with van der Waals surface area (Å²) >= 11 is 0. The van der Waals surface area contributed by atoms with E-state index in [0.717, 1.165) is 27.6 Å². The van der Waals surface area contributed by atoms with Crippen LogP contribution in [-0.2, 0) is 19.1 Å². The van der Waals surface area contributed by atoms with Crippen LogP contribution in [-0.4, -0.2) is 99.4 Å². The number of nitrogens with zero attached hydrogens (tertiary/aromatic N) is 2. The summed E-state index contributed by atoms with van der Waals surface area (Å²) in [7, 11) is 0. The third kappa shape index (κ3) is 11.9. The van der Waals surface area contributed by atoms with Crippen LogP contribution in [0.25, 0.3) is 27.6 Å². The van der Waals surface area contributed by atoms with Gasteiger partial charge in [-0.2, -0.15) is 0 Å². The lowest BCUT2D eigenvalue weighted by Gasteiger charge is -2.33. The van der Waals surface area contributed by atoms with Gasteiger partial charge in [0.25, 0.3) is 5.91 Å². The number of nitrogens with two attached hydrogens (primary N) is 1. The molecule has 1 unspecified atom stereocenters. The molecule has 1 saturated heterocycles. The number of aromatic nitrogens is 1. The minimum atomic E-state index is -1.71. The fourth-order valence-corrected chi connectivity index (χ4v) is 6.88. The highest BCUT2D eigenvalue weighted by atomic mass is 16.6. The molecule has 318 valence electrons. The summed E-state index contributed by atoms with van der Waals surface area (Å²) in [5, 5.41) is 29.8. The van der Waals surface area contributed by atoms with Gasteiger partial charge in [0.05, 0.1) is 17.7 Å². The Hall–Kier alpha value is -5.80. The highest BCUT2D eigenvalue weighted by Crippen LogP contribution is 2.40. The third-order valence-corrected chi connectivity index (χ3v) is 9.80. The van der Waals surface area contributed by atoms with E-state index in [1.54, 1.807) is 45.2 Å². The first-order valence-corrected chi connectivity index (χ1v) is 19.8. The van der Waals surface area contributed by atoms with Gasteiger partial charge >= 0.3 is 12.1 Å². The Kier molecular flexibility index (Phi) is 15.4. The molecule has 2 aromatic carbocycles. The number of unbranched alkanes of at least 4 members (excludes halogenated alkanes) is 1. The molecule has 4 amide bonds. The zero-order valence-electron chi connectivity index (χ0n) is 35.1. The average Bonchev–Trinajstić information content (AvgIpc) is 3.49. The maximum Gasteiger partial charge on any atom is 0.407 e. The fourth-order valence-electron chi connectivity index (χ4n) is 6.88. The van der Waals surface area contributed by atoms with Gasteiger partial charge in [-0.1, -0.05) is 24.8 Å². The first-order chi connectivity index (χ1) is 27.7. The van der Waals surface area contributed by atoms with Crippen molar-refractivity contribution in [3.8, 4) is 16.9 Å². The first-order valence-electron chi connectivity index (χ1n) is 19.8. The molecule has 15 nitrogen and oxygen atoms in total. The molecule has 3 aromatic rings. The molecular weight excluding hydrogens is 757 g/mol. The second-order valence-corrected chi connectivity index (χ2v) is 16.2. The number of carboxylic acids is 1. The molecule has 15 heteroatoms. The number of carbonyl (C=O) groups is 5. The summed E-state index contributed by atoms with van der Waals surface area (Å²) in [6.45, 7) is 16.7. The molecule has 2 heterocycles. The number of fused-ring (bicyclic) bond motifs is 1. The maximum atomic E-state index is 14.5. The van der Waals surface area contributed by atoms with Crippen molar-refractivity contribution >= 4 is 46.3 Å². The number of para-hydroxylation sites is 1. The monoisotopic (exact) mass is 814 g/mol. The molecule has 7 N–H and O–H groups in total. The van der Waals surface area contributed by atoms with Crippen molar-refractivity contribution in [2.75, 3.05) is 26.2 Å². The van der Waals surface area contributed by atoms with Gasteiger partial charge in [-0.25, -0.2) is 9.59 Å². The number of ether oxygens (including phenoxy) is 2. The van der Waals surface area contributed by atoms with Gasteiger partial charge in [-0.05, 0) is 123 Å². The molecule has 1 fully saturated rings. The number of carbonyl (C=O) groups excluding carboxylic acids is 4. The van der Waals surface area contributed by atoms with Crippen molar-refractivity contribution in [1.82, 2.24) is 25.8 Å². The quantitative estimate of drug-likeness (QED) is 0.0758. The minimum absolute atomic E-state index is 0.0223. The van der Waals surface area contributed by atoms with Crippen LogP contribution < -0.4 is 26.4 Å². The predicted octanol–water partition coefficient (Wildman–Crippen LogP) is 5.30. The van der Waals surface area contributed by atoms with Crippen molar-refractivity contribution in [3.63, 3.8) is 0 Å². The van der Waals surface area contributed by atoms with Crippen LogP contribution in [0.1, 0.15) is 96.5 Å². The largest absolute Gasteiger partial charge is 0.493 e. The molecule has 1 aromatic heterocycles. The molecule has 0 spiro atoms. The van der Waals surface area contributed by atoms with Crippen LogP contribution in [0.3, 0.4) is 0 Å². The SMILES string of the molecule is C=C(C)c1cnc2ccccc2c1-c1cc(C(=O)N[C@@H](CCCCNC(=O)OC(C)(C)C)C(=O)N2CCC(C)(O)[C@H]2C(=O)NC(C(=O)O)=C(C)C)ccc1OCCCN. The molecule has 3 atom stereocenters. The summed E-state index contributed by atoms with van der Waals surface area (Å²) in [5.74, 6) is -2.98. The standard InChI is InChI=1S/C44H58N6O9/c1-26(2)31-25-47-32-15-10-9-14-29(32)35(31)30-24-28(17-18-34(30)58-23-13-20-45)38(51)48-33(16-11-12-21-46-42(56)59-43(5,6)7)40(53)50-22-19-44(8,57)37(50)39(52)49-36(27(3)4)41(54)55/h9-10,14-15,17-18,24-25,33,37,57H,1,11-13,16,19-23,45H2,2-8H3,(H,46,56)(H,48,51)(H,49,52)(H,54,55)/t33-,37+,44?/m0/s1. The van der Waals surface area contributed by atoms with E-state index in [0.29, 0.717) is 49.3 Å². The van der Waals surface area contributed by atoms with Gasteiger partial charge in [0, 0.05) is 46.9 Å². The molecule has 4 rings (SSSR count). The van der Waals surface area contributed by atoms with Crippen molar-refractivity contribution in [2.24, 2.45) is 5.73 Å². The van der Waals surface area contributed by atoms with Crippen molar-refractivity contribution in [2.45, 2.75) is 104 Å². The lowest BCUT2D eigenvalue weighted by molar-refractivity contribution is -0.145. The number of hydrogen-bond donors (Lipinski definition) is 6. The zero-order valence-corrected chi connectivity index (χ0v) is 35.1. The number of likely N-dealkylation sites (tertiary alicyclic amines) is 1. The van der Waals surface area contributed by atoms with E-state index in [1.165, 1.54) is 25.7 Å². The van der Waals surface area contributed by atoms with Gasteiger partial charge in [0.2, 0.25) is 11.8 Å². The Labute approximate surface area is 345 Å². The van der Waals surface area contributed by atoms with E-state index in [-0.39, 0.29) is 37.2 Å². The molecule has 0 bridgehead atoms. The average molecular weight is 815 g/mol. The number of nitrogens with one attached hydrogen (secondary N) is 3. The molecule has 59 heavy (non-hydrogen) atoms. The topological polar surface area (TPSA) is 223 Å². The number of alkyl carbamates (subject to hydrolysis) is 1. The summed E-state index contributed by atoms with van der Waals surface area (Å²) in [6.07, 6.45) is 2.64. The van der Waals surface area contributed by atoms with Crippen LogP contribution in [0.15, 0.2) is 66.5 Å². The molecule has 0 radical (unpaired) electrons. The van der Waals surface area contributed by atoms with E-state index >= 15 is 0 Å². The number of rotatable bonds is 17. The Bertz CT molecular complexity index is 2100. The number of benzene rings is 2. The van der Waals surface area contributed by atoms with E-state index < -0.39 is 53.1 Å². The fraction of sp³-hybridized carbons (Fsp3) is 0.455. The van der Waals surface area contributed by atoms with Crippen LogP contribution in [0.5, 0.6) is 5.75 Å². The minimum Gasteiger partial charge on any atom is -0.493 e. The Morgan fingerprint density at radius 3 is 2.42 bits per heavy atom. The molecule has 0 saturated carbocycles. The van der Waals surface area contributed by atoms with Crippen molar-refractivity contribution in [1.29, 1.82) is 0 Å². The Morgan fingerprint density at radius 1 is 1.07 bits per heavy atom. The third-order valence-electron chi connectivity index (χ3n) is 9.80. The van der Waals surface area contributed by atoms with Crippen LogP contribution in [0.4, 0.5) is 4.79 Å². The number of aliphatic hydroxyl groups is 1. The molecular formula is C44H58N6O9. The number of allylic oxidation sites excluding steroid dienone is 2.